The van der Waals surface area contributed by atoms with Gasteiger partial charge in [-0.2, -0.15) is 0 Å². The van der Waals surface area contributed by atoms with Gasteiger partial charge in [0.15, 0.2) is 0 Å². The van der Waals surface area contributed by atoms with Crippen LogP contribution < -0.4 is 15.8 Å². The minimum absolute atomic E-state index is 0.0137. The lowest BCUT2D eigenvalue weighted by Gasteiger charge is -2.25. The van der Waals surface area contributed by atoms with Crippen LogP contribution in [0.5, 0.6) is 0 Å². The van der Waals surface area contributed by atoms with Crippen molar-refractivity contribution in [3.05, 3.63) is 28.8 Å². The second kappa shape index (κ2) is 7.51. The lowest BCUT2D eigenvalue weighted by atomic mass is 9.86. The van der Waals surface area contributed by atoms with Gasteiger partial charge in [0.05, 0.1) is 6.26 Å². The molecule has 4 N–H and O–H groups in total. The SMILES string of the molecule is CS(=O)(=O)Nc1ccc(CNC(=O)C2CCC(N)CC2)c(Cl)c1. The molecular formula is C15H22ClN3O3S. The van der Waals surface area contributed by atoms with E-state index in [1.54, 1.807) is 12.1 Å². The van der Waals surface area contributed by atoms with Crippen molar-refractivity contribution in [2.45, 2.75) is 38.3 Å². The maximum Gasteiger partial charge on any atom is 0.229 e. The van der Waals surface area contributed by atoms with Crippen LogP contribution in [-0.4, -0.2) is 26.6 Å². The Balaban J connectivity index is 1.91. The summed E-state index contributed by atoms with van der Waals surface area (Å²) in [7, 11) is -3.34. The van der Waals surface area contributed by atoms with E-state index in [0.717, 1.165) is 37.5 Å². The van der Waals surface area contributed by atoms with E-state index in [-0.39, 0.29) is 17.9 Å². The van der Waals surface area contributed by atoms with E-state index >= 15 is 0 Å². The van der Waals surface area contributed by atoms with Crippen LogP contribution in [0, 0.1) is 5.92 Å². The number of sulfonamides is 1. The topological polar surface area (TPSA) is 101 Å². The number of nitrogens with one attached hydrogen (secondary N) is 2. The molecule has 0 radical (unpaired) electrons. The molecule has 1 aliphatic rings. The van der Waals surface area contributed by atoms with Crippen molar-refractivity contribution in [3.63, 3.8) is 0 Å². The summed E-state index contributed by atoms with van der Waals surface area (Å²) in [5.41, 5.74) is 6.98. The molecule has 0 heterocycles. The highest BCUT2D eigenvalue weighted by Crippen LogP contribution is 2.24. The Bertz CT molecular complexity index is 671. The average molecular weight is 360 g/mol. The molecule has 0 saturated heterocycles. The number of hydrogen-bond acceptors (Lipinski definition) is 4. The molecule has 23 heavy (non-hydrogen) atoms. The number of benzene rings is 1. The minimum atomic E-state index is -3.34. The summed E-state index contributed by atoms with van der Waals surface area (Å²) in [6, 6.07) is 5.06. The molecule has 1 saturated carbocycles. The molecule has 0 aromatic heterocycles. The molecule has 1 amide bonds. The van der Waals surface area contributed by atoms with Gasteiger partial charge in [0.1, 0.15) is 0 Å². The molecule has 8 heteroatoms. The lowest BCUT2D eigenvalue weighted by molar-refractivity contribution is -0.126. The van der Waals surface area contributed by atoms with Crippen LogP contribution in [-0.2, 0) is 21.4 Å². The van der Waals surface area contributed by atoms with E-state index in [9.17, 15) is 13.2 Å². The molecule has 2 rings (SSSR count). The van der Waals surface area contributed by atoms with Crippen molar-refractivity contribution in [1.82, 2.24) is 5.32 Å². The third kappa shape index (κ3) is 5.67. The monoisotopic (exact) mass is 359 g/mol. The first-order chi connectivity index (χ1) is 10.7. The molecule has 0 unspecified atom stereocenters. The molecule has 0 bridgehead atoms. The molecular weight excluding hydrogens is 338 g/mol. The zero-order valence-corrected chi connectivity index (χ0v) is 14.6. The van der Waals surface area contributed by atoms with E-state index in [1.807, 2.05) is 0 Å². The molecule has 6 nitrogen and oxygen atoms in total. The molecule has 1 fully saturated rings. The van der Waals surface area contributed by atoms with Crippen molar-refractivity contribution in [2.24, 2.45) is 11.7 Å². The number of carbonyl (C=O) groups is 1. The molecule has 128 valence electrons. The number of halogens is 1. The van der Waals surface area contributed by atoms with E-state index in [2.05, 4.69) is 10.0 Å². The third-order valence-corrected chi connectivity index (χ3v) is 4.91. The maximum absolute atomic E-state index is 12.2. The van der Waals surface area contributed by atoms with Crippen LogP contribution in [0.4, 0.5) is 5.69 Å². The summed E-state index contributed by atoms with van der Waals surface area (Å²) in [5.74, 6) is 0.0334. The quantitative estimate of drug-likeness (QED) is 0.746. The van der Waals surface area contributed by atoms with Gasteiger partial charge >= 0.3 is 0 Å². The number of carbonyl (C=O) groups excluding carboxylic acids is 1. The Morgan fingerprint density at radius 2 is 1.96 bits per heavy atom. The average Bonchev–Trinajstić information content (AvgIpc) is 2.45. The fourth-order valence-corrected chi connectivity index (χ4v) is 3.48. The van der Waals surface area contributed by atoms with Gasteiger partial charge in [0.2, 0.25) is 15.9 Å². The van der Waals surface area contributed by atoms with Gasteiger partial charge < -0.3 is 11.1 Å². The Morgan fingerprint density at radius 1 is 1.30 bits per heavy atom. The van der Waals surface area contributed by atoms with E-state index in [0.29, 0.717) is 17.3 Å². The third-order valence-electron chi connectivity index (χ3n) is 3.95. The van der Waals surface area contributed by atoms with Gasteiger partial charge in [0.25, 0.3) is 0 Å². The summed E-state index contributed by atoms with van der Waals surface area (Å²) >= 11 is 6.14. The lowest BCUT2D eigenvalue weighted by Crippen LogP contribution is -2.36. The van der Waals surface area contributed by atoms with Crippen LogP contribution in [0.15, 0.2) is 18.2 Å². The zero-order valence-electron chi connectivity index (χ0n) is 13.0. The first-order valence-electron chi connectivity index (χ1n) is 7.54. The highest BCUT2D eigenvalue weighted by molar-refractivity contribution is 7.92. The second-order valence-electron chi connectivity index (χ2n) is 6.01. The van der Waals surface area contributed by atoms with Crippen LogP contribution in [0.25, 0.3) is 0 Å². The van der Waals surface area contributed by atoms with Crippen molar-refractivity contribution in [2.75, 3.05) is 11.0 Å². The molecule has 0 aliphatic heterocycles. The molecule has 0 spiro atoms. The van der Waals surface area contributed by atoms with Crippen LogP contribution >= 0.6 is 11.6 Å². The smallest absolute Gasteiger partial charge is 0.229 e. The predicted octanol–water partition coefficient (Wildman–Crippen LogP) is 1.85. The Hall–Kier alpha value is -1.31. The van der Waals surface area contributed by atoms with Gasteiger partial charge in [-0.1, -0.05) is 17.7 Å². The van der Waals surface area contributed by atoms with Crippen LogP contribution in [0.2, 0.25) is 5.02 Å². The minimum Gasteiger partial charge on any atom is -0.352 e. The Morgan fingerprint density at radius 3 is 2.52 bits per heavy atom. The fraction of sp³-hybridized carbons (Fsp3) is 0.533. The van der Waals surface area contributed by atoms with Crippen molar-refractivity contribution in [3.8, 4) is 0 Å². The highest BCUT2D eigenvalue weighted by atomic mass is 35.5. The standard InChI is InChI=1S/C15H22ClN3O3S/c1-23(21,22)19-13-7-4-11(14(16)8-13)9-18-15(20)10-2-5-12(17)6-3-10/h4,7-8,10,12,19H,2-3,5-6,9,17H2,1H3,(H,18,20). The number of rotatable bonds is 5. The van der Waals surface area contributed by atoms with Crippen molar-refractivity contribution >= 4 is 33.2 Å². The molecule has 1 aromatic carbocycles. The maximum atomic E-state index is 12.2. The van der Waals surface area contributed by atoms with Gasteiger partial charge in [-0.3, -0.25) is 9.52 Å². The predicted molar refractivity (Wildman–Crippen MR) is 91.7 cm³/mol. The number of hydrogen-bond donors (Lipinski definition) is 3. The summed E-state index contributed by atoms with van der Waals surface area (Å²) in [5, 5.41) is 3.30. The highest BCUT2D eigenvalue weighted by Gasteiger charge is 2.24. The molecule has 0 atom stereocenters. The van der Waals surface area contributed by atoms with Gasteiger partial charge in [-0.15, -0.1) is 0 Å². The van der Waals surface area contributed by atoms with Gasteiger partial charge in [-0.25, -0.2) is 8.42 Å². The largest absolute Gasteiger partial charge is 0.352 e. The summed E-state index contributed by atoms with van der Waals surface area (Å²) in [6.45, 7) is 0.319. The zero-order chi connectivity index (χ0) is 17.0. The van der Waals surface area contributed by atoms with Gasteiger partial charge in [-0.05, 0) is 43.4 Å². The Labute approximate surface area is 141 Å². The summed E-state index contributed by atoms with van der Waals surface area (Å²) < 4.78 is 24.7. The fourth-order valence-electron chi connectivity index (χ4n) is 2.68. The summed E-state index contributed by atoms with van der Waals surface area (Å²) in [6.07, 6.45) is 4.47. The number of anilines is 1. The normalized spacial score (nSPS) is 21.7. The van der Waals surface area contributed by atoms with Crippen LogP contribution in [0.1, 0.15) is 31.2 Å². The van der Waals surface area contributed by atoms with Crippen molar-refractivity contribution in [1.29, 1.82) is 0 Å². The summed E-state index contributed by atoms with van der Waals surface area (Å²) in [4.78, 5) is 12.2. The second-order valence-corrected chi connectivity index (χ2v) is 8.17. The first kappa shape index (κ1) is 18.0. The molecule has 1 aliphatic carbocycles. The first-order valence-corrected chi connectivity index (χ1v) is 9.81. The number of amides is 1. The van der Waals surface area contributed by atoms with Crippen molar-refractivity contribution < 1.29 is 13.2 Å². The van der Waals surface area contributed by atoms with Gasteiger partial charge in [0, 0.05) is 29.2 Å². The van der Waals surface area contributed by atoms with Crippen LogP contribution in [0.3, 0.4) is 0 Å². The number of nitrogens with two attached hydrogens (primary N) is 1. The van der Waals surface area contributed by atoms with E-state index in [4.69, 9.17) is 17.3 Å². The molecule has 1 aromatic rings. The van der Waals surface area contributed by atoms with E-state index in [1.165, 1.54) is 6.07 Å². The Kier molecular flexibility index (Phi) is 5.89. The van der Waals surface area contributed by atoms with E-state index < -0.39 is 10.0 Å².